The molecule has 0 amide bonds. The summed E-state index contributed by atoms with van der Waals surface area (Å²) in [7, 11) is 3.60. The lowest BCUT2D eigenvalue weighted by atomic mass is 9.97. The molecule has 2 heterocycles. The van der Waals surface area contributed by atoms with E-state index in [1.54, 1.807) is 19.2 Å². The highest BCUT2D eigenvalue weighted by Crippen LogP contribution is 2.21. The summed E-state index contributed by atoms with van der Waals surface area (Å²) in [6, 6.07) is 7.29. The van der Waals surface area contributed by atoms with Crippen LogP contribution in [0.3, 0.4) is 0 Å². The van der Waals surface area contributed by atoms with Gasteiger partial charge in [-0.3, -0.25) is 4.99 Å². The number of piperidine rings is 2. The molecule has 2 aliphatic heterocycles. The molecule has 0 radical (unpaired) electrons. The number of benzene rings is 1. The molecule has 8 heteroatoms. The van der Waals surface area contributed by atoms with Crippen molar-refractivity contribution in [2.75, 3.05) is 64.9 Å². The van der Waals surface area contributed by atoms with E-state index in [1.165, 1.54) is 18.9 Å². The number of hydrogen-bond donors (Lipinski definition) is 2. The van der Waals surface area contributed by atoms with E-state index >= 15 is 0 Å². The Morgan fingerprint density at radius 2 is 1.90 bits per heavy atom. The van der Waals surface area contributed by atoms with E-state index in [4.69, 9.17) is 4.74 Å². The van der Waals surface area contributed by atoms with Crippen molar-refractivity contribution >= 4 is 35.6 Å². The van der Waals surface area contributed by atoms with E-state index in [0.29, 0.717) is 12.0 Å². The lowest BCUT2D eigenvalue weighted by Gasteiger charge is -2.35. The average Bonchev–Trinajstić information content (AvgIpc) is 2.76. The molecule has 30 heavy (non-hydrogen) atoms. The van der Waals surface area contributed by atoms with Crippen molar-refractivity contribution in [1.82, 2.24) is 15.5 Å². The minimum Gasteiger partial charge on any atom is -0.383 e. The second-order valence-electron chi connectivity index (χ2n) is 8.12. The van der Waals surface area contributed by atoms with Crippen LogP contribution in [0, 0.1) is 11.7 Å². The standard InChI is InChI=1S/C22H36FN5O.HI/c1-24-22(25-17-18-6-10-27(11-7-18)14-15-29-2)26-20-8-12-28(13-9-20)21-5-3-4-19(23)16-21;/h3-5,16,18,20H,6-15,17H2,1-2H3,(H2,24,25,26);1H. The van der Waals surface area contributed by atoms with Crippen molar-refractivity contribution in [2.45, 2.75) is 31.7 Å². The topological polar surface area (TPSA) is 52.1 Å². The van der Waals surface area contributed by atoms with Gasteiger partial charge in [-0.15, -0.1) is 24.0 Å². The number of guanidine groups is 1. The summed E-state index contributed by atoms with van der Waals surface area (Å²) >= 11 is 0. The molecule has 0 saturated carbocycles. The number of ether oxygens (including phenoxy) is 1. The molecule has 2 N–H and O–H groups in total. The van der Waals surface area contributed by atoms with E-state index in [-0.39, 0.29) is 29.8 Å². The van der Waals surface area contributed by atoms with E-state index in [0.717, 1.165) is 70.4 Å². The maximum absolute atomic E-state index is 13.5. The van der Waals surface area contributed by atoms with Gasteiger partial charge in [0, 0.05) is 52.1 Å². The Bertz CT molecular complexity index is 646. The van der Waals surface area contributed by atoms with Gasteiger partial charge in [0.05, 0.1) is 6.61 Å². The van der Waals surface area contributed by atoms with Crippen LogP contribution in [0.15, 0.2) is 29.3 Å². The fraction of sp³-hybridized carbons (Fsp3) is 0.682. The first-order valence-electron chi connectivity index (χ1n) is 10.9. The Balaban J connectivity index is 0.00000320. The number of rotatable bonds is 7. The monoisotopic (exact) mass is 533 g/mol. The summed E-state index contributed by atoms with van der Waals surface area (Å²) in [5.74, 6) is 1.43. The third-order valence-corrected chi connectivity index (χ3v) is 6.11. The summed E-state index contributed by atoms with van der Waals surface area (Å²) in [6.07, 6.45) is 4.49. The van der Waals surface area contributed by atoms with Crippen molar-refractivity contribution in [3.63, 3.8) is 0 Å². The van der Waals surface area contributed by atoms with Gasteiger partial charge in [-0.1, -0.05) is 6.07 Å². The number of nitrogens with zero attached hydrogens (tertiary/aromatic N) is 3. The lowest BCUT2D eigenvalue weighted by Crippen LogP contribution is -2.50. The molecule has 1 aromatic carbocycles. The lowest BCUT2D eigenvalue weighted by molar-refractivity contribution is 0.121. The number of halogens is 2. The highest BCUT2D eigenvalue weighted by Gasteiger charge is 2.22. The minimum absolute atomic E-state index is 0. The zero-order valence-corrected chi connectivity index (χ0v) is 20.6. The van der Waals surface area contributed by atoms with Crippen molar-refractivity contribution in [2.24, 2.45) is 10.9 Å². The fourth-order valence-electron chi connectivity index (χ4n) is 4.22. The van der Waals surface area contributed by atoms with Gasteiger partial charge in [0.15, 0.2) is 5.96 Å². The summed E-state index contributed by atoms with van der Waals surface area (Å²) in [5, 5.41) is 7.10. The molecular formula is C22H37FIN5O. The normalized spacial score (nSPS) is 19.4. The van der Waals surface area contributed by atoms with Crippen molar-refractivity contribution in [3.8, 4) is 0 Å². The van der Waals surface area contributed by atoms with Crippen LogP contribution in [0.25, 0.3) is 0 Å². The molecule has 2 aliphatic rings. The van der Waals surface area contributed by atoms with Gasteiger partial charge in [0.1, 0.15) is 5.82 Å². The SMILES string of the molecule is CN=C(NCC1CCN(CCOC)CC1)NC1CCN(c2cccc(F)c2)CC1.I. The highest BCUT2D eigenvalue weighted by molar-refractivity contribution is 14.0. The maximum Gasteiger partial charge on any atom is 0.191 e. The largest absolute Gasteiger partial charge is 0.383 e. The minimum atomic E-state index is -0.170. The van der Waals surface area contributed by atoms with E-state index in [9.17, 15) is 4.39 Å². The van der Waals surface area contributed by atoms with Crippen molar-refractivity contribution in [3.05, 3.63) is 30.1 Å². The molecule has 0 aliphatic carbocycles. The van der Waals surface area contributed by atoms with E-state index in [2.05, 4.69) is 25.4 Å². The summed E-state index contributed by atoms with van der Waals surface area (Å²) in [6.45, 7) is 6.99. The Morgan fingerprint density at radius 3 is 2.53 bits per heavy atom. The summed E-state index contributed by atoms with van der Waals surface area (Å²) < 4.78 is 18.6. The van der Waals surface area contributed by atoms with Crippen LogP contribution < -0.4 is 15.5 Å². The van der Waals surface area contributed by atoms with Gasteiger partial charge in [0.2, 0.25) is 0 Å². The fourth-order valence-corrected chi connectivity index (χ4v) is 4.22. The molecule has 0 unspecified atom stereocenters. The molecule has 0 aromatic heterocycles. The first-order valence-corrected chi connectivity index (χ1v) is 10.9. The van der Waals surface area contributed by atoms with Crippen LogP contribution in [0.1, 0.15) is 25.7 Å². The molecule has 6 nitrogen and oxygen atoms in total. The van der Waals surface area contributed by atoms with Crippen LogP contribution in [0.4, 0.5) is 10.1 Å². The first kappa shape index (κ1) is 25.1. The Morgan fingerprint density at radius 1 is 1.17 bits per heavy atom. The molecule has 170 valence electrons. The summed E-state index contributed by atoms with van der Waals surface area (Å²) in [5.41, 5.74) is 0.975. The molecule has 0 spiro atoms. The van der Waals surface area contributed by atoms with Crippen molar-refractivity contribution in [1.29, 1.82) is 0 Å². The number of nitrogens with one attached hydrogen (secondary N) is 2. The van der Waals surface area contributed by atoms with Gasteiger partial charge >= 0.3 is 0 Å². The van der Waals surface area contributed by atoms with Gasteiger partial charge in [-0.25, -0.2) is 4.39 Å². The molecule has 0 bridgehead atoms. The van der Waals surface area contributed by atoms with E-state index < -0.39 is 0 Å². The molecular weight excluding hydrogens is 496 g/mol. The van der Waals surface area contributed by atoms with Gasteiger partial charge in [-0.2, -0.15) is 0 Å². The van der Waals surface area contributed by atoms with Gasteiger partial charge in [-0.05, 0) is 62.9 Å². The zero-order valence-electron chi connectivity index (χ0n) is 18.3. The van der Waals surface area contributed by atoms with Crippen LogP contribution in [-0.4, -0.2) is 76.9 Å². The summed E-state index contributed by atoms with van der Waals surface area (Å²) in [4.78, 5) is 9.16. The number of anilines is 1. The maximum atomic E-state index is 13.5. The van der Waals surface area contributed by atoms with Gasteiger partial charge < -0.3 is 25.2 Å². The van der Waals surface area contributed by atoms with Gasteiger partial charge in [0.25, 0.3) is 0 Å². The number of likely N-dealkylation sites (tertiary alicyclic amines) is 1. The van der Waals surface area contributed by atoms with Crippen LogP contribution in [-0.2, 0) is 4.74 Å². The number of methoxy groups -OCH3 is 1. The Hall–Kier alpha value is -1.13. The zero-order chi connectivity index (χ0) is 20.5. The first-order chi connectivity index (χ1) is 14.2. The van der Waals surface area contributed by atoms with Crippen LogP contribution in [0.5, 0.6) is 0 Å². The second-order valence-corrected chi connectivity index (χ2v) is 8.12. The highest BCUT2D eigenvalue weighted by atomic mass is 127. The molecule has 3 rings (SSSR count). The van der Waals surface area contributed by atoms with Crippen LogP contribution >= 0.6 is 24.0 Å². The Kier molecular flexibility index (Phi) is 11.2. The van der Waals surface area contributed by atoms with Crippen molar-refractivity contribution < 1.29 is 9.13 Å². The van der Waals surface area contributed by atoms with Crippen LogP contribution in [0.2, 0.25) is 0 Å². The molecule has 2 fully saturated rings. The number of aliphatic imine (C=N–C) groups is 1. The van der Waals surface area contributed by atoms with E-state index in [1.807, 2.05) is 13.1 Å². The third kappa shape index (κ3) is 7.85. The molecule has 2 saturated heterocycles. The third-order valence-electron chi connectivity index (χ3n) is 6.11. The molecule has 1 aromatic rings. The Labute approximate surface area is 197 Å². The average molecular weight is 533 g/mol. The quantitative estimate of drug-likeness (QED) is 0.321. The predicted molar refractivity (Wildman–Crippen MR) is 133 cm³/mol. The number of hydrogen-bond acceptors (Lipinski definition) is 4. The second kappa shape index (κ2) is 13.3. The predicted octanol–water partition coefficient (Wildman–Crippen LogP) is 2.94. The smallest absolute Gasteiger partial charge is 0.191 e. The molecule has 0 atom stereocenters.